The average molecular weight is 113 g/mol. The van der Waals surface area contributed by atoms with E-state index >= 15 is 0 Å². The van der Waals surface area contributed by atoms with E-state index in [9.17, 15) is 4.79 Å². The zero-order valence-electron chi connectivity index (χ0n) is 4.60. The normalized spacial score (nSPS) is 17.4. The summed E-state index contributed by atoms with van der Waals surface area (Å²) in [7, 11) is 0. The first-order chi connectivity index (χ1) is 3.80. The van der Waals surface area contributed by atoms with E-state index in [0.29, 0.717) is 12.3 Å². The lowest BCUT2D eigenvalue weighted by Crippen LogP contribution is -2.07. The molecule has 0 saturated heterocycles. The van der Waals surface area contributed by atoms with E-state index < -0.39 is 0 Å². The minimum Gasteiger partial charge on any atom is -0.405 e. The molecule has 0 aromatic rings. The quantitative estimate of drug-likeness (QED) is 0.520. The smallest absolute Gasteiger partial charge is 0.196 e. The fourth-order valence-electron chi connectivity index (χ4n) is 0.511. The molecule has 3 heteroatoms. The third kappa shape index (κ3) is 0.869. The van der Waals surface area contributed by atoms with Gasteiger partial charge in [-0.3, -0.25) is 4.79 Å². The van der Waals surface area contributed by atoms with Crippen LogP contribution >= 0.6 is 0 Å². The summed E-state index contributed by atoms with van der Waals surface area (Å²) in [6.07, 6.45) is 1.71. The maximum Gasteiger partial charge on any atom is 0.196 e. The third-order valence-electron chi connectivity index (χ3n) is 0.900. The van der Waals surface area contributed by atoms with Crippen molar-refractivity contribution in [1.82, 2.24) is 5.48 Å². The molecular formula is C5H7NO2. The van der Waals surface area contributed by atoms with E-state index in [0.717, 1.165) is 0 Å². The summed E-state index contributed by atoms with van der Waals surface area (Å²) in [6.45, 7) is 2.10. The van der Waals surface area contributed by atoms with Gasteiger partial charge >= 0.3 is 0 Å². The highest BCUT2D eigenvalue weighted by atomic mass is 16.7. The van der Waals surface area contributed by atoms with Gasteiger partial charge in [0.25, 0.3) is 0 Å². The Balaban J connectivity index is 2.57. The largest absolute Gasteiger partial charge is 0.405 e. The highest BCUT2D eigenvalue weighted by Gasteiger charge is 2.08. The molecule has 0 saturated carbocycles. The molecule has 1 aliphatic heterocycles. The summed E-state index contributed by atoms with van der Waals surface area (Å²) in [6, 6.07) is 0. The number of allylic oxidation sites excluding steroid dienone is 1. The number of hydrogen-bond acceptors (Lipinski definition) is 3. The summed E-state index contributed by atoms with van der Waals surface area (Å²) in [5.74, 6) is 0.389. The van der Waals surface area contributed by atoms with Gasteiger partial charge in [0.1, 0.15) is 0 Å². The van der Waals surface area contributed by atoms with Crippen molar-refractivity contribution in [3.63, 3.8) is 0 Å². The van der Waals surface area contributed by atoms with Gasteiger partial charge in [0, 0.05) is 6.92 Å². The van der Waals surface area contributed by atoms with Crippen LogP contribution in [0.2, 0.25) is 0 Å². The average Bonchev–Trinajstić information content (AvgIpc) is 2.12. The van der Waals surface area contributed by atoms with Gasteiger partial charge in [-0.25, -0.2) is 0 Å². The molecule has 1 rings (SSSR count). The molecule has 0 spiro atoms. The van der Waals surface area contributed by atoms with Gasteiger partial charge in [0.05, 0.1) is 6.54 Å². The number of carbonyl (C=O) groups is 1. The molecule has 0 bridgehead atoms. The van der Waals surface area contributed by atoms with Gasteiger partial charge in [-0.1, -0.05) is 0 Å². The minimum absolute atomic E-state index is 0.0324. The fourth-order valence-corrected chi connectivity index (χ4v) is 0.511. The Hall–Kier alpha value is -0.830. The lowest BCUT2D eigenvalue weighted by Gasteiger charge is -1.94. The molecule has 0 fully saturated rings. The Labute approximate surface area is 47.3 Å². The van der Waals surface area contributed by atoms with Crippen molar-refractivity contribution >= 4 is 5.78 Å². The Morgan fingerprint density at radius 2 is 2.75 bits per heavy atom. The van der Waals surface area contributed by atoms with E-state index in [1.807, 2.05) is 0 Å². The molecule has 0 aromatic carbocycles. The van der Waals surface area contributed by atoms with Gasteiger partial charge in [-0.15, -0.1) is 0 Å². The van der Waals surface area contributed by atoms with Crippen LogP contribution < -0.4 is 5.48 Å². The summed E-state index contributed by atoms with van der Waals surface area (Å²) < 4.78 is 0. The molecule has 1 N–H and O–H groups in total. The molecule has 0 aromatic heterocycles. The number of rotatable bonds is 1. The fraction of sp³-hybridized carbons (Fsp3) is 0.400. The first-order valence-corrected chi connectivity index (χ1v) is 2.41. The van der Waals surface area contributed by atoms with Crippen molar-refractivity contribution in [2.75, 3.05) is 6.54 Å². The second-order valence-electron chi connectivity index (χ2n) is 1.58. The van der Waals surface area contributed by atoms with Crippen molar-refractivity contribution in [1.29, 1.82) is 0 Å². The summed E-state index contributed by atoms with van der Waals surface area (Å²) in [5, 5.41) is 0. The maximum absolute atomic E-state index is 10.4. The van der Waals surface area contributed by atoms with Crippen molar-refractivity contribution in [3.05, 3.63) is 11.8 Å². The van der Waals surface area contributed by atoms with Gasteiger partial charge in [-0.05, 0) is 6.08 Å². The second-order valence-corrected chi connectivity index (χ2v) is 1.58. The van der Waals surface area contributed by atoms with Crippen LogP contribution in [0.4, 0.5) is 0 Å². The van der Waals surface area contributed by atoms with Crippen molar-refractivity contribution in [2.24, 2.45) is 0 Å². The van der Waals surface area contributed by atoms with Crippen LogP contribution in [0, 0.1) is 0 Å². The van der Waals surface area contributed by atoms with Crippen LogP contribution in [0.1, 0.15) is 6.92 Å². The van der Waals surface area contributed by atoms with Crippen LogP contribution in [-0.4, -0.2) is 12.3 Å². The zero-order chi connectivity index (χ0) is 5.98. The number of nitrogens with one attached hydrogen (secondary N) is 1. The lowest BCUT2D eigenvalue weighted by atomic mass is 10.3. The summed E-state index contributed by atoms with van der Waals surface area (Å²) in [4.78, 5) is 15.1. The highest BCUT2D eigenvalue weighted by molar-refractivity contribution is 5.91. The molecule has 1 aliphatic rings. The first-order valence-electron chi connectivity index (χ1n) is 2.41. The molecule has 0 atom stereocenters. The maximum atomic E-state index is 10.4. The zero-order valence-corrected chi connectivity index (χ0v) is 4.60. The Morgan fingerprint density at radius 1 is 2.00 bits per heavy atom. The molecular weight excluding hydrogens is 106 g/mol. The minimum atomic E-state index is -0.0324. The molecule has 1 heterocycles. The molecule has 8 heavy (non-hydrogen) atoms. The highest BCUT2D eigenvalue weighted by Crippen LogP contribution is 2.00. The van der Waals surface area contributed by atoms with Crippen molar-refractivity contribution < 1.29 is 9.63 Å². The first kappa shape index (κ1) is 5.31. The van der Waals surface area contributed by atoms with Gasteiger partial charge in [0.15, 0.2) is 11.5 Å². The van der Waals surface area contributed by atoms with E-state index in [-0.39, 0.29) is 5.78 Å². The Kier molecular flexibility index (Phi) is 1.30. The number of Topliss-reactive ketones (excluding diaryl/α,β-unsaturated/α-hetero) is 1. The predicted molar refractivity (Wildman–Crippen MR) is 27.9 cm³/mol. The van der Waals surface area contributed by atoms with Crippen LogP contribution in [-0.2, 0) is 9.63 Å². The molecule has 3 nitrogen and oxygen atoms in total. The molecule has 44 valence electrons. The van der Waals surface area contributed by atoms with E-state index in [2.05, 4.69) is 10.3 Å². The Morgan fingerprint density at radius 3 is 3.00 bits per heavy atom. The van der Waals surface area contributed by atoms with Crippen LogP contribution in [0.15, 0.2) is 11.8 Å². The number of hydrogen-bond donors (Lipinski definition) is 1. The van der Waals surface area contributed by atoms with Crippen molar-refractivity contribution in [2.45, 2.75) is 6.92 Å². The van der Waals surface area contributed by atoms with Crippen molar-refractivity contribution in [3.8, 4) is 0 Å². The molecule has 0 unspecified atom stereocenters. The molecule has 0 radical (unpaired) electrons. The Bertz CT molecular complexity index is 139. The van der Waals surface area contributed by atoms with E-state index in [1.54, 1.807) is 6.08 Å². The van der Waals surface area contributed by atoms with Gasteiger partial charge < -0.3 is 4.84 Å². The number of hydroxylamine groups is 1. The molecule has 0 amide bonds. The standard InChI is InChI=1S/C5H7NO2/c1-4(7)5-2-3-6-8-5/h2,6H,3H2,1H3. The number of carbonyl (C=O) groups excluding carboxylic acids is 1. The SMILES string of the molecule is CC(=O)C1=CCNO1. The second kappa shape index (κ2) is 1.96. The van der Waals surface area contributed by atoms with E-state index in [4.69, 9.17) is 0 Å². The van der Waals surface area contributed by atoms with Crippen LogP contribution in [0.3, 0.4) is 0 Å². The topological polar surface area (TPSA) is 38.3 Å². The van der Waals surface area contributed by atoms with E-state index in [1.165, 1.54) is 6.92 Å². The van der Waals surface area contributed by atoms with Crippen LogP contribution in [0.5, 0.6) is 0 Å². The third-order valence-corrected chi connectivity index (χ3v) is 0.900. The molecule has 0 aliphatic carbocycles. The monoisotopic (exact) mass is 113 g/mol. The lowest BCUT2D eigenvalue weighted by molar-refractivity contribution is -0.117. The summed E-state index contributed by atoms with van der Waals surface area (Å²) in [5.41, 5.74) is 2.54. The number of ketones is 1. The van der Waals surface area contributed by atoms with Crippen LogP contribution in [0.25, 0.3) is 0 Å². The summed E-state index contributed by atoms with van der Waals surface area (Å²) >= 11 is 0. The predicted octanol–water partition coefficient (Wildman–Crippen LogP) is -0.00590. The van der Waals surface area contributed by atoms with Gasteiger partial charge in [0.2, 0.25) is 0 Å². The van der Waals surface area contributed by atoms with Gasteiger partial charge in [-0.2, -0.15) is 5.48 Å².